The van der Waals surface area contributed by atoms with Crippen LogP contribution in [0.4, 0.5) is 0 Å². The Hall–Kier alpha value is -2.44. The van der Waals surface area contributed by atoms with Crippen molar-refractivity contribution in [2.75, 3.05) is 26.2 Å². The average Bonchev–Trinajstić information content (AvgIpc) is 3.54. The predicted octanol–water partition coefficient (Wildman–Crippen LogP) is 2.86. The quantitative estimate of drug-likeness (QED) is 0.801. The Labute approximate surface area is 171 Å². The molecule has 7 heteroatoms. The molecule has 0 spiro atoms. The van der Waals surface area contributed by atoms with E-state index in [-0.39, 0.29) is 11.8 Å². The molecular weight excluding hydrogens is 366 g/mol. The first-order chi connectivity index (χ1) is 14.2. The summed E-state index contributed by atoms with van der Waals surface area (Å²) in [4.78, 5) is 38.4. The normalized spacial score (nSPS) is 21.4. The Kier molecular flexibility index (Phi) is 4.97. The minimum absolute atomic E-state index is 0.00775. The molecule has 1 saturated carbocycles. The van der Waals surface area contributed by atoms with Crippen LogP contribution in [0.5, 0.6) is 0 Å². The van der Waals surface area contributed by atoms with E-state index in [0.717, 1.165) is 70.4 Å². The second kappa shape index (κ2) is 7.76. The molecule has 2 aromatic heterocycles. The third-order valence-electron chi connectivity index (χ3n) is 6.99. The van der Waals surface area contributed by atoms with Gasteiger partial charge in [0.15, 0.2) is 11.3 Å². The average molecular weight is 396 g/mol. The van der Waals surface area contributed by atoms with Crippen LogP contribution in [-0.2, 0) is 4.79 Å². The van der Waals surface area contributed by atoms with E-state index < -0.39 is 0 Å². The van der Waals surface area contributed by atoms with Gasteiger partial charge in [0.1, 0.15) is 6.33 Å². The third kappa shape index (κ3) is 3.40. The zero-order valence-electron chi connectivity index (χ0n) is 16.9. The number of aromatic nitrogens is 3. The molecule has 7 nitrogen and oxygen atoms in total. The Morgan fingerprint density at radius 1 is 0.862 bits per heavy atom. The number of carbonyl (C=O) groups is 2. The molecule has 154 valence electrons. The minimum atomic E-state index is -0.00775. The van der Waals surface area contributed by atoms with Crippen LogP contribution in [0.1, 0.15) is 73.5 Å². The highest BCUT2D eigenvalue weighted by molar-refractivity contribution is 5.98. The lowest BCUT2D eigenvalue weighted by Crippen LogP contribution is -2.41. The van der Waals surface area contributed by atoms with Crippen LogP contribution < -0.4 is 0 Å². The summed E-state index contributed by atoms with van der Waals surface area (Å²) in [5.41, 5.74) is 2.27. The highest BCUT2D eigenvalue weighted by Crippen LogP contribution is 2.32. The van der Waals surface area contributed by atoms with Gasteiger partial charge in [-0.3, -0.25) is 14.0 Å². The van der Waals surface area contributed by atoms with E-state index in [4.69, 9.17) is 0 Å². The van der Waals surface area contributed by atoms with E-state index in [1.165, 1.54) is 12.8 Å². The maximum atomic E-state index is 12.8. The highest BCUT2D eigenvalue weighted by atomic mass is 16.2. The maximum absolute atomic E-state index is 12.8. The fraction of sp³-hybridized carbons (Fsp3) is 0.636. The number of hydrogen-bond donors (Lipinski definition) is 0. The van der Waals surface area contributed by atoms with Crippen LogP contribution in [0.3, 0.4) is 0 Å². The fourth-order valence-electron chi connectivity index (χ4n) is 5.30. The zero-order valence-corrected chi connectivity index (χ0v) is 16.9. The second-order valence-electron chi connectivity index (χ2n) is 8.74. The molecule has 0 bridgehead atoms. The van der Waals surface area contributed by atoms with Crippen molar-refractivity contribution in [2.24, 2.45) is 5.92 Å². The predicted molar refractivity (Wildman–Crippen MR) is 109 cm³/mol. The number of likely N-dealkylation sites (tertiary alicyclic amines) is 2. The number of nitrogens with zero attached hydrogens (tertiary/aromatic N) is 5. The summed E-state index contributed by atoms with van der Waals surface area (Å²) in [5.74, 6) is 0.970. The molecule has 0 unspecified atom stereocenters. The topological polar surface area (TPSA) is 70.8 Å². The van der Waals surface area contributed by atoms with Gasteiger partial charge in [0.25, 0.3) is 5.91 Å². The van der Waals surface area contributed by atoms with E-state index in [1.807, 2.05) is 15.4 Å². The van der Waals surface area contributed by atoms with Crippen molar-refractivity contribution in [1.82, 2.24) is 24.2 Å². The number of hydrogen-bond acceptors (Lipinski definition) is 4. The van der Waals surface area contributed by atoms with Crippen molar-refractivity contribution in [2.45, 2.75) is 57.3 Å². The van der Waals surface area contributed by atoms with Gasteiger partial charge in [-0.2, -0.15) is 0 Å². The Morgan fingerprint density at radius 3 is 2.31 bits per heavy atom. The second-order valence-corrected chi connectivity index (χ2v) is 8.74. The molecule has 2 aliphatic heterocycles. The fourth-order valence-corrected chi connectivity index (χ4v) is 5.30. The van der Waals surface area contributed by atoms with Crippen LogP contribution in [0.2, 0.25) is 0 Å². The van der Waals surface area contributed by atoms with E-state index in [0.29, 0.717) is 23.2 Å². The van der Waals surface area contributed by atoms with Crippen molar-refractivity contribution >= 4 is 17.5 Å². The van der Waals surface area contributed by atoms with Gasteiger partial charge < -0.3 is 9.80 Å². The van der Waals surface area contributed by atoms with Gasteiger partial charge in [-0.15, -0.1) is 0 Å². The minimum Gasteiger partial charge on any atom is -0.342 e. The molecule has 3 fully saturated rings. The first-order valence-electron chi connectivity index (χ1n) is 11.1. The number of piperidine rings is 1. The van der Waals surface area contributed by atoms with Gasteiger partial charge in [-0.05, 0) is 44.6 Å². The van der Waals surface area contributed by atoms with Crippen molar-refractivity contribution in [1.29, 1.82) is 0 Å². The molecule has 0 N–H and O–H groups in total. The van der Waals surface area contributed by atoms with Crippen LogP contribution in [-0.4, -0.2) is 62.2 Å². The summed E-state index contributed by atoms with van der Waals surface area (Å²) in [6.45, 7) is 3.26. The third-order valence-corrected chi connectivity index (χ3v) is 6.99. The summed E-state index contributed by atoms with van der Waals surface area (Å²) >= 11 is 0. The number of carbonyl (C=O) groups excluding carboxylic acids is 2. The van der Waals surface area contributed by atoms with E-state index in [9.17, 15) is 9.59 Å². The van der Waals surface area contributed by atoms with Crippen molar-refractivity contribution in [3.63, 3.8) is 0 Å². The Morgan fingerprint density at radius 2 is 1.59 bits per heavy atom. The summed E-state index contributed by atoms with van der Waals surface area (Å²) in [7, 11) is 0. The largest absolute Gasteiger partial charge is 0.342 e. The van der Waals surface area contributed by atoms with Crippen molar-refractivity contribution < 1.29 is 9.59 Å². The molecule has 2 saturated heterocycles. The van der Waals surface area contributed by atoms with E-state index in [2.05, 4.69) is 14.9 Å². The summed E-state index contributed by atoms with van der Waals surface area (Å²) in [6, 6.07) is 2.04. The maximum Gasteiger partial charge on any atom is 0.276 e. The lowest BCUT2D eigenvalue weighted by atomic mass is 9.92. The molecule has 3 aliphatic rings. The first-order valence-corrected chi connectivity index (χ1v) is 11.1. The van der Waals surface area contributed by atoms with Crippen molar-refractivity contribution in [3.05, 3.63) is 30.0 Å². The molecular formula is C22H29N5O2. The SMILES string of the molecule is O=C(c1ncn2c(C3CCN(C(=O)C4CCCC4)CC3)ccnc12)N1CCCC1. The molecule has 2 aromatic rings. The lowest BCUT2D eigenvalue weighted by molar-refractivity contribution is -0.136. The summed E-state index contributed by atoms with van der Waals surface area (Å²) in [6.07, 6.45) is 12.1. The molecule has 2 amide bonds. The van der Waals surface area contributed by atoms with Gasteiger partial charge in [0.05, 0.1) is 0 Å². The molecule has 1 aliphatic carbocycles. The highest BCUT2D eigenvalue weighted by Gasteiger charge is 2.31. The number of rotatable bonds is 3. The standard InChI is InChI=1S/C22H29N5O2/c28-21(17-5-1-2-6-17)26-13-8-16(9-14-26)18-7-10-23-20-19(24-15-27(18)20)22(29)25-11-3-4-12-25/h7,10,15-17H,1-6,8-9,11-14H2. The number of fused-ring (bicyclic) bond motifs is 1. The van der Waals surface area contributed by atoms with Gasteiger partial charge in [-0.25, -0.2) is 9.97 Å². The van der Waals surface area contributed by atoms with Gasteiger partial charge >= 0.3 is 0 Å². The van der Waals surface area contributed by atoms with Crippen molar-refractivity contribution in [3.8, 4) is 0 Å². The molecule has 29 heavy (non-hydrogen) atoms. The van der Waals surface area contributed by atoms with Crippen LogP contribution in [0.25, 0.3) is 5.65 Å². The number of amides is 2. The molecule has 0 atom stereocenters. The van der Waals surface area contributed by atoms with E-state index >= 15 is 0 Å². The lowest BCUT2D eigenvalue weighted by Gasteiger charge is -2.34. The van der Waals surface area contributed by atoms with Gasteiger partial charge in [-0.1, -0.05) is 12.8 Å². The zero-order chi connectivity index (χ0) is 19.8. The summed E-state index contributed by atoms with van der Waals surface area (Å²) in [5, 5.41) is 0. The van der Waals surface area contributed by atoms with Gasteiger partial charge in [0, 0.05) is 49.9 Å². The molecule has 5 rings (SSSR count). The Bertz CT molecular complexity index is 903. The first kappa shape index (κ1) is 18.6. The number of imidazole rings is 1. The monoisotopic (exact) mass is 395 g/mol. The summed E-state index contributed by atoms with van der Waals surface area (Å²) < 4.78 is 1.99. The van der Waals surface area contributed by atoms with Crippen LogP contribution in [0, 0.1) is 5.92 Å². The van der Waals surface area contributed by atoms with Gasteiger partial charge in [0.2, 0.25) is 5.91 Å². The van der Waals surface area contributed by atoms with Crippen LogP contribution >= 0.6 is 0 Å². The molecule has 4 heterocycles. The van der Waals surface area contributed by atoms with Crippen LogP contribution in [0.15, 0.2) is 18.6 Å². The van der Waals surface area contributed by atoms with E-state index in [1.54, 1.807) is 12.5 Å². The Balaban J connectivity index is 1.32. The molecule has 0 radical (unpaired) electrons. The smallest absolute Gasteiger partial charge is 0.276 e. The molecule has 0 aromatic carbocycles.